The Bertz CT molecular complexity index is 177. The van der Waals surface area contributed by atoms with Gasteiger partial charge in [-0.3, -0.25) is 4.79 Å². The first-order valence-electron chi connectivity index (χ1n) is 6.37. The zero-order valence-electron chi connectivity index (χ0n) is 10.2. The molecule has 92 valence electrons. The smallest absolute Gasteiger partial charge is 0.132 e. The molecule has 0 fully saturated rings. The molecule has 0 N–H and O–H groups in total. The van der Waals surface area contributed by atoms with E-state index in [1.165, 1.54) is 0 Å². The summed E-state index contributed by atoms with van der Waals surface area (Å²) in [6.45, 7) is 3.67. The summed E-state index contributed by atoms with van der Waals surface area (Å²) < 4.78 is 0. The van der Waals surface area contributed by atoms with Crippen molar-refractivity contribution in [3.8, 4) is 0 Å². The van der Waals surface area contributed by atoms with E-state index in [2.05, 4.69) is 6.58 Å². The Morgan fingerprint density at radius 2 is 1.44 bits per heavy atom. The topological polar surface area (TPSA) is 34.1 Å². The first-order valence-corrected chi connectivity index (χ1v) is 6.37. The summed E-state index contributed by atoms with van der Waals surface area (Å²) >= 11 is 0. The molecule has 0 atom stereocenters. The van der Waals surface area contributed by atoms with E-state index in [4.69, 9.17) is 0 Å². The second-order valence-electron chi connectivity index (χ2n) is 4.19. The van der Waals surface area contributed by atoms with Crippen LogP contribution in [0.4, 0.5) is 0 Å². The van der Waals surface area contributed by atoms with Crippen molar-refractivity contribution in [2.45, 2.75) is 64.2 Å². The summed E-state index contributed by atoms with van der Waals surface area (Å²) in [5.74, 6) is 0.379. The molecule has 0 unspecified atom stereocenters. The average molecular weight is 224 g/mol. The predicted octanol–water partition coefficient (Wildman–Crippen LogP) is 3.84. The van der Waals surface area contributed by atoms with Crippen LogP contribution < -0.4 is 0 Å². The fourth-order valence-electron chi connectivity index (χ4n) is 1.64. The highest BCUT2D eigenvalue weighted by Gasteiger charge is 2.01. The molecule has 0 aromatic heterocycles. The van der Waals surface area contributed by atoms with Crippen LogP contribution in [-0.4, -0.2) is 12.1 Å². The summed E-state index contributed by atoms with van der Waals surface area (Å²) in [5, 5.41) is 0. The van der Waals surface area contributed by atoms with Crippen LogP contribution in [0.1, 0.15) is 64.2 Å². The predicted molar refractivity (Wildman–Crippen MR) is 67.4 cm³/mol. The Labute approximate surface area is 99.1 Å². The Morgan fingerprint density at radius 3 is 1.94 bits per heavy atom. The molecule has 0 saturated heterocycles. The van der Waals surface area contributed by atoms with Crippen molar-refractivity contribution in [1.82, 2.24) is 0 Å². The van der Waals surface area contributed by atoms with Crippen LogP contribution in [0.3, 0.4) is 0 Å². The Balaban J connectivity index is 3.18. The van der Waals surface area contributed by atoms with Gasteiger partial charge in [0, 0.05) is 19.3 Å². The van der Waals surface area contributed by atoms with Gasteiger partial charge in [-0.05, 0) is 32.1 Å². The van der Waals surface area contributed by atoms with Gasteiger partial charge in [0.05, 0.1) is 0 Å². The minimum Gasteiger partial charge on any atom is -0.303 e. The van der Waals surface area contributed by atoms with E-state index in [1.807, 2.05) is 6.08 Å². The van der Waals surface area contributed by atoms with E-state index >= 15 is 0 Å². The highest BCUT2D eigenvalue weighted by molar-refractivity contribution is 5.78. The summed E-state index contributed by atoms with van der Waals surface area (Å²) in [6, 6.07) is 0. The molecule has 0 aliphatic heterocycles. The van der Waals surface area contributed by atoms with E-state index in [0.717, 1.165) is 57.7 Å². The Kier molecular flexibility index (Phi) is 11.5. The maximum absolute atomic E-state index is 11.4. The van der Waals surface area contributed by atoms with E-state index in [0.29, 0.717) is 18.6 Å². The number of rotatable bonds is 12. The van der Waals surface area contributed by atoms with Crippen molar-refractivity contribution in [1.29, 1.82) is 0 Å². The van der Waals surface area contributed by atoms with Gasteiger partial charge in [0.1, 0.15) is 12.1 Å². The number of unbranched alkanes of at least 4 members (excludes halogenated alkanes) is 6. The molecule has 0 amide bonds. The molecule has 0 bridgehead atoms. The van der Waals surface area contributed by atoms with Gasteiger partial charge in [-0.1, -0.05) is 18.9 Å². The van der Waals surface area contributed by atoms with Gasteiger partial charge < -0.3 is 4.79 Å². The molecule has 2 nitrogen and oxygen atoms in total. The average Bonchev–Trinajstić information content (AvgIpc) is 2.28. The summed E-state index contributed by atoms with van der Waals surface area (Å²) in [7, 11) is 0. The van der Waals surface area contributed by atoms with Crippen LogP contribution >= 0.6 is 0 Å². The fourth-order valence-corrected chi connectivity index (χ4v) is 1.64. The molecular weight excluding hydrogens is 200 g/mol. The first kappa shape index (κ1) is 15.1. The highest BCUT2D eigenvalue weighted by atomic mass is 16.1. The molecule has 0 radical (unpaired) electrons. The normalized spacial score (nSPS) is 10.0. The van der Waals surface area contributed by atoms with Crippen LogP contribution in [0.5, 0.6) is 0 Å². The molecule has 0 heterocycles. The highest BCUT2D eigenvalue weighted by Crippen LogP contribution is 2.08. The number of allylic oxidation sites excluding steroid dienone is 1. The van der Waals surface area contributed by atoms with E-state index in [9.17, 15) is 9.59 Å². The Morgan fingerprint density at radius 1 is 0.875 bits per heavy atom. The van der Waals surface area contributed by atoms with Gasteiger partial charge >= 0.3 is 0 Å². The van der Waals surface area contributed by atoms with Crippen LogP contribution in [0, 0.1) is 0 Å². The lowest BCUT2D eigenvalue weighted by atomic mass is 10.0. The molecule has 2 heteroatoms. The number of Topliss-reactive ketones (excluding diaryl/α,β-unsaturated/α-hetero) is 1. The number of hydrogen-bond donors (Lipinski definition) is 0. The van der Waals surface area contributed by atoms with Gasteiger partial charge in [0.2, 0.25) is 0 Å². The third-order valence-electron chi connectivity index (χ3n) is 2.64. The molecule has 0 aliphatic carbocycles. The van der Waals surface area contributed by atoms with E-state index in [-0.39, 0.29) is 0 Å². The molecule has 0 aromatic rings. The molecular formula is C14H24O2. The fraction of sp³-hybridized carbons (Fsp3) is 0.714. The van der Waals surface area contributed by atoms with Gasteiger partial charge in [-0.15, -0.1) is 6.58 Å². The largest absolute Gasteiger partial charge is 0.303 e. The SMILES string of the molecule is C=CCCCCCC(=O)CCCCCC=O. The van der Waals surface area contributed by atoms with Crippen molar-refractivity contribution in [3.63, 3.8) is 0 Å². The van der Waals surface area contributed by atoms with E-state index in [1.54, 1.807) is 0 Å². The van der Waals surface area contributed by atoms with Gasteiger partial charge in [-0.25, -0.2) is 0 Å². The lowest BCUT2D eigenvalue weighted by Gasteiger charge is -2.00. The quantitative estimate of drug-likeness (QED) is 0.287. The van der Waals surface area contributed by atoms with Crippen LogP contribution in [0.25, 0.3) is 0 Å². The standard InChI is InChI=1S/C14H24O2/c1-2-3-4-5-8-11-14(16)12-9-6-7-10-13-15/h2,13H,1,3-12H2. The minimum atomic E-state index is 0.379. The minimum absolute atomic E-state index is 0.379. The molecule has 0 aromatic carbocycles. The lowest BCUT2D eigenvalue weighted by Crippen LogP contribution is -1.97. The zero-order chi connectivity index (χ0) is 12.1. The molecule has 16 heavy (non-hydrogen) atoms. The van der Waals surface area contributed by atoms with E-state index < -0.39 is 0 Å². The molecule has 0 aliphatic rings. The molecule has 0 rings (SSSR count). The number of carbonyl (C=O) groups is 2. The zero-order valence-corrected chi connectivity index (χ0v) is 10.2. The Hall–Kier alpha value is -0.920. The van der Waals surface area contributed by atoms with Crippen molar-refractivity contribution < 1.29 is 9.59 Å². The van der Waals surface area contributed by atoms with Crippen molar-refractivity contribution in [3.05, 3.63) is 12.7 Å². The summed E-state index contributed by atoms with van der Waals surface area (Å²) in [6.07, 6.45) is 12.1. The third kappa shape index (κ3) is 11.2. The first-order chi connectivity index (χ1) is 7.81. The number of carbonyl (C=O) groups excluding carboxylic acids is 2. The molecule has 0 spiro atoms. The second-order valence-corrected chi connectivity index (χ2v) is 4.19. The monoisotopic (exact) mass is 224 g/mol. The summed E-state index contributed by atoms with van der Waals surface area (Å²) in [5.41, 5.74) is 0. The van der Waals surface area contributed by atoms with Gasteiger partial charge in [0.15, 0.2) is 0 Å². The molecule has 0 saturated carbocycles. The third-order valence-corrected chi connectivity index (χ3v) is 2.64. The maximum Gasteiger partial charge on any atom is 0.132 e. The number of ketones is 1. The van der Waals surface area contributed by atoms with Crippen LogP contribution in [-0.2, 0) is 9.59 Å². The van der Waals surface area contributed by atoms with Crippen molar-refractivity contribution in [2.75, 3.05) is 0 Å². The number of hydrogen-bond acceptors (Lipinski definition) is 2. The van der Waals surface area contributed by atoms with Crippen LogP contribution in [0.15, 0.2) is 12.7 Å². The van der Waals surface area contributed by atoms with Crippen LogP contribution in [0.2, 0.25) is 0 Å². The number of aldehydes is 1. The summed E-state index contributed by atoms with van der Waals surface area (Å²) in [4.78, 5) is 21.5. The van der Waals surface area contributed by atoms with Gasteiger partial charge in [0.25, 0.3) is 0 Å². The van der Waals surface area contributed by atoms with Crippen molar-refractivity contribution >= 4 is 12.1 Å². The maximum atomic E-state index is 11.4. The lowest BCUT2D eigenvalue weighted by molar-refractivity contribution is -0.119. The second kappa shape index (κ2) is 12.2. The van der Waals surface area contributed by atoms with Gasteiger partial charge in [-0.2, -0.15) is 0 Å². The van der Waals surface area contributed by atoms with Crippen molar-refractivity contribution in [2.24, 2.45) is 0 Å².